The number of hydrogen-bond donors (Lipinski definition) is 1. The van der Waals surface area contributed by atoms with Gasteiger partial charge in [-0.2, -0.15) is 0 Å². The van der Waals surface area contributed by atoms with Crippen LogP contribution in [0.25, 0.3) is 4.96 Å². The second kappa shape index (κ2) is 4.09. The first-order chi connectivity index (χ1) is 8.23. The predicted octanol–water partition coefficient (Wildman–Crippen LogP) is 3.51. The quantitative estimate of drug-likeness (QED) is 0.905. The Kier molecular flexibility index (Phi) is 2.97. The van der Waals surface area contributed by atoms with Crippen LogP contribution in [0.15, 0.2) is 5.38 Å². The highest BCUT2D eigenvalue weighted by molar-refractivity contribution is 7.15. The van der Waals surface area contributed by atoms with Crippen molar-refractivity contribution in [1.29, 1.82) is 0 Å². The first-order valence-electron chi connectivity index (χ1n) is 5.97. The number of aromatic nitrogens is 2. The lowest BCUT2D eigenvalue weighted by atomic mass is 9.93. The highest BCUT2D eigenvalue weighted by Gasteiger charge is 2.27. The fourth-order valence-corrected chi connectivity index (χ4v) is 3.12. The minimum absolute atomic E-state index is 0.0998. The Labute approximate surface area is 110 Å². The largest absolute Gasteiger partial charge is 0.477 e. The van der Waals surface area contributed by atoms with E-state index in [4.69, 9.17) is 0 Å². The van der Waals surface area contributed by atoms with E-state index < -0.39 is 5.97 Å². The SMILES string of the molecule is CC(C)c1nc2scc(C(C)(C)C)n2c1C(=O)O. The molecule has 1 N–H and O–H groups in total. The maximum atomic E-state index is 11.5. The van der Waals surface area contributed by atoms with Gasteiger partial charge in [0.15, 0.2) is 10.7 Å². The zero-order valence-electron chi connectivity index (χ0n) is 11.3. The Morgan fingerprint density at radius 2 is 2.06 bits per heavy atom. The summed E-state index contributed by atoms with van der Waals surface area (Å²) in [6.07, 6.45) is 0. The first-order valence-corrected chi connectivity index (χ1v) is 6.85. The summed E-state index contributed by atoms with van der Waals surface area (Å²) in [5, 5.41) is 11.5. The molecule has 0 radical (unpaired) electrons. The monoisotopic (exact) mass is 266 g/mol. The van der Waals surface area contributed by atoms with Crippen LogP contribution in [0.2, 0.25) is 0 Å². The Morgan fingerprint density at radius 1 is 1.44 bits per heavy atom. The summed E-state index contributed by atoms with van der Waals surface area (Å²) >= 11 is 1.50. The molecule has 0 saturated heterocycles. The topological polar surface area (TPSA) is 54.6 Å². The molecule has 0 fully saturated rings. The van der Waals surface area contributed by atoms with Crippen molar-refractivity contribution in [3.8, 4) is 0 Å². The number of carbonyl (C=O) groups is 1. The maximum absolute atomic E-state index is 11.5. The molecule has 0 aromatic carbocycles. The number of carboxylic acids is 1. The summed E-state index contributed by atoms with van der Waals surface area (Å²) in [4.78, 5) is 16.8. The summed E-state index contributed by atoms with van der Waals surface area (Å²) in [7, 11) is 0. The van der Waals surface area contributed by atoms with Gasteiger partial charge in [0.1, 0.15) is 0 Å². The minimum Gasteiger partial charge on any atom is -0.477 e. The number of hydrogen-bond acceptors (Lipinski definition) is 3. The van der Waals surface area contributed by atoms with Crippen molar-refractivity contribution in [2.24, 2.45) is 0 Å². The number of imidazole rings is 1. The van der Waals surface area contributed by atoms with Gasteiger partial charge in [0.2, 0.25) is 0 Å². The molecule has 0 amide bonds. The van der Waals surface area contributed by atoms with Crippen LogP contribution in [0.3, 0.4) is 0 Å². The van der Waals surface area contributed by atoms with Crippen LogP contribution >= 0.6 is 11.3 Å². The summed E-state index contributed by atoms with van der Waals surface area (Å²) in [5.74, 6) is -0.800. The molecular weight excluding hydrogens is 248 g/mol. The molecule has 18 heavy (non-hydrogen) atoms. The van der Waals surface area contributed by atoms with Gasteiger partial charge in [-0.3, -0.25) is 4.40 Å². The normalized spacial score (nSPS) is 12.6. The number of fused-ring (bicyclic) bond motifs is 1. The molecular formula is C13H18N2O2S. The number of aromatic carboxylic acids is 1. The van der Waals surface area contributed by atoms with Crippen molar-refractivity contribution in [2.45, 2.75) is 46.0 Å². The molecule has 0 aliphatic heterocycles. The van der Waals surface area contributed by atoms with E-state index in [1.54, 1.807) is 4.40 Å². The van der Waals surface area contributed by atoms with Crippen LogP contribution in [-0.2, 0) is 5.41 Å². The molecule has 0 saturated carbocycles. The van der Waals surface area contributed by atoms with Gasteiger partial charge in [0.25, 0.3) is 0 Å². The van der Waals surface area contributed by atoms with E-state index in [1.165, 1.54) is 11.3 Å². The van der Waals surface area contributed by atoms with Crippen molar-refractivity contribution in [1.82, 2.24) is 9.38 Å². The second-order valence-corrected chi connectivity index (χ2v) is 6.63. The number of carboxylic acid groups (broad SMARTS) is 1. The smallest absolute Gasteiger partial charge is 0.354 e. The summed E-state index contributed by atoms with van der Waals surface area (Å²) in [5.41, 5.74) is 1.88. The van der Waals surface area contributed by atoms with Crippen LogP contribution in [0, 0.1) is 0 Å². The molecule has 98 valence electrons. The van der Waals surface area contributed by atoms with E-state index in [0.717, 1.165) is 10.7 Å². The molecule has 5 heteroatoms. The lowest BCUT2D eigenvalue weighted by Gasteiger charge is -2.18. The zero-order chi connectivity index (χ0) is 13.7. The molecule has 2 heterocycles. The van der Waals surface area contributed by atoms with Crippen LogP contribution < -0.4 is 0 Å². The van der Waals surface area contributed by atoms with Crippen LogP contribution in [0.5, 0.6) is 0 Å². The minimum atomic E-state index is -0.907. The molecule has 0 aliphatic rings. The van der Waals surface area contributed by atoms with Gasteiger partial charge in [-0.05, 0) is 5.92 Å². The average Bonchev–Trinajstić information content (AvgIpc) is 2.70. The molecule has 2 aromatic rings. The van der Waals surface area contributed by atoms with Crippen molar-refractivity contribution < 1.29 is 9.90 Å². The van der Waals surface area contributed by atoms with Gasteiger partial charge < -0.3 is 5.11 Å². The molecule has 0 unspecified atom stereocenters. The van der Waals surface area contributed by atoms with E-state index in [-0.39, 0.29) is 11.3 Å². The van der Waals surface area contributed by atoms with Crippen molar-refractivity contribution >= 4 is 22.3 Å². The van der Waals surface area contributed by atoms with Gasteiger partial charge in [0.05, 0.1) is 5.69 Å². The number of thiazole rings is 1. The highest BCUT2D eigenvalue weighted by Crippen LogP contribution is 2.31. The Morgan fingerprint density at radius 3 is 2.50 bits per heavy atom. The maximum Gasteiger partial charge on any atom is 0.354 e. The second-order valence-electron chi connectivity index (χ2n) is 5.79. The molecule has 4 nitrogen and oxygen atoms in total. The van der Waals surface area contributed by atoms with Crippen molar-refractivity contribution in [3.05, 3.63) is 22.5 Å². The average molecular weight is 266 g/mol. The Hall–Kier alpha value is -1.36. The standard InChI is InChI=1S/C13H18N2O2S/c1-7(2)9-10(11(16)17)15-8(13(3,4)5)6-18-12(15)14-9/h6-7H,1-5H3,(H,16,17). The fourth-order valence-electron chi connectivity index (χ4n) is 2.00. The highest BCUT2D eigenvalue weighted by atomic mass is 32.1. The van der Waals surface area contributed by atoms with Gasteiger partial charge in [-0.25, -0.2) is 9.78 Å². The van der Waals surface area contributed by atoms with Crippen molar-refractivity contribution in [2.75, 3.05) is 0 Å². The Balaban J connectivity index is 2.83. The summed E-state index contributed by atoms with van der Waals surface area (Å²) in [6.45, 7) is 10.2. The van der Waals surface area contributed by atoms with E-state index in [9.17, 15) is 9.90 Å². The fraction of sp³-hybridized carbons (Fsp3) is 0.538. The number of rotatable bonds is 2. The van der Waals surface area contributed by atoms with Gasteiger partial charge >= 0.3 is 5.97 Å². The Bertz CT molecular complexity index is 602. The van der Waals surface area contributed by atoms with E-state index in [2.05, 4.69) is 25.8 Å². The lowest BCUT2D eigenvalue weighted by Crippen LogP contribution is -2.17. The summed E-state index contributed by atoms with van der Waals surface area (Å²) < 4.78 is 1.79. The van der Waals surface area contributed by atoms with E-state index in [1.807, 2.05) is 19.2 Å². The zero-order valence-corrected chi connectivity index (χ0v) is 12.1. The lowest BCUT2D eigenvalue weighted by molar-refractivity contribution is 0.0687. The third-order valence-electron chi connectivity index (χ3n) is 2.91. The van der Waals surface area contributed by atoms with Crippen LogP contribution in [0.1, 0.15) is 62.4 Å². The van der Waals surface area contributed by atoms with Crippen molar-refractivity contribution in [3.63, 3.8) is 0 Å². The third kappa shape index (κ3) is 1.92. The molecule has 0 spiro atoms. The van der Waals surface area contributed by atoms with Crippen LogP contribution in [0.4, 0.5) is 0 Å². The molecule has 0 aliphatic carbocycles. The van der Waals surface area contributed by atoms with Crippen LogP contribution in [-0.4, -0.2) is 20.5 Å². The predicted molar refractivity (Wildman–Crippen MR) is 72.8 cm³/mol. The van der Waals surface area contributed by atoms with Gasteiger partial charge in [-0.1, -0.05) is 34.6 Å². The third-order valence-corrected chi connectivity index (χ3v) is 3.73. The van der Waals surface area contributed by atoms with E-state index in [0.29, 0.717) is 11.4 Å². The molecule has 0 bridgehead atoms. The summed E-state index contributed by atoms with van der Waals surface area (Å²) in [6, 6.07) is 0. The first kappa shape index (κ1) is 13.1. The van der Waals surface area contributed by atoms with Gasteiger partial charge in [-0.15, -0.1) is 11.3 Å². The van der Waals surface area contributed by atoms with E-state index >= 15 is 0 Å². The molecule has 0 atom stereocenters. The molecule has 2 aromatic heterocycles. The number of nitrogens with zero attached hydrogens (tertiary/aromatic N) is 2. The van der Waals surface area contributed by atoms with Gasteiger partial charge in [0, 0.05) is 16.5 Å². The molecule has 2 rings (SSSR count).